The molecular weight excluding hydrogens is 184 g/mol. The average molecular weight is 204 g/mol. The van der Waals surface area contributed by atoms with Crippen LogP contribution in [0.2, 0.25) is 0 Å². The molecule has 4 N–H and O–H groups in total. The maximum atomic E-state index is 11.2. The number of carbonyl (C=O) groups is 1. The van der Waals surface area contributed by atoms with Gasteiger partial charge in [0.15, 0.2) is 0 Å². The highest BCUT2D eigenvalue weighted by molar-refractivity contribution is 5.76. The monoisotopic (exact) mass is 204 g/mol. The lowest BCUT2D eigenvalue weighted by molar-refractivity contribution is -0.122. The molecule has 1 amide bonds. The van der Waals surface area contributed by atoms with Crippen LogP contribution in [0, 0.1) is 0 Å². The van der Waals surface area contributed by atoms with Crippen molar-refractivity contribution in [1.29, 1.82) is 0 Å². The number of unbranched alkanes of at least 4 members (excludes halogenated alkanes) is 1. The van der Waals surface area contributed by atoms with Crippen molar-refractivity contribution in [2.24, 2.45) is 5.73 Å². The number of nitrogens with one attached hydrogen (secondary N) is 1. The van der Waals surface area contributed by atoms with Gasteiger partial charge in [-0.2, -0.15) is 0 Å². The zero-order chi connectivity index (χ0) is 10.8. The van der Waals surface area contributed by atoms with Crippen molar-refractivity contribution in [3.63, 3.8) is 0 Å². The Morgan fingerprint density at radius 2 is 2.29 bits per heavy atom. The molecule has 0 spiro atoms. The van der Waals surface area contributed by atoms with Crippen LogP contribution in [-0.2, 0) is 9.53 Å². The van der Waals surface area contributed by atoms with E-state index < -0.39 is 0 Å². The molecule has 84 valence electrons. The van der Waals surface area contributed by atoms with E-state index in [0.717, 1.165) is 12.8 Å². The van der Waals surface area contributed by atoms with Crippen molar-refractivity contribution >= 4 is 5.91 Å². The van der Waals surface area contributed by atoms with Crippen molar-refractivity contribution in [2.75, 3.05) is 26.9 Å². The molecule has 5 heteroatoms. The van der Waals surface area contributed by atoms with Crippen molar-refractivity contribution in [3.8, 4) is 0 Å². The standard InChI is InChI=1S/C9H20N2O3/c1-14-7-8(6-12)11-9(13)4-2-3-5-10/h8,12H,2-7,10H2,1H3,(H,11,13). The molecule has 0 fully saturated rings. The molecule has 0 aromatic carbocycles. The maximum Gasteiger partial charge on any atom is 0.220 e. The summed E-state index contributed by atoms with van der Waals surface area (Å²) in [5.41, 5.74) is 5.30. The first-order valence-electron chi connectivity index (χ1n) is 4.83. The summed E-state index contributed by atoms with van der Waals surface area (Å²) in [5, 5.41) is 11.5. The molecule has 0 radical (unpaired) electrons. The van der Waals surface area contributed by atoms with Crippen LogP contribution in [-0.4, -0.2) is 43.9 Å². The molecule has 0 aliphatic heterocycles. The number of aliphatic hydroxyl groups excluding tert-OH is 1. The fourth-order valence-electron chi connectivity index (χ4n) is 1.07. The molecule has 14 heavy (non-hydrogen) atoms. The predicted octanol–water partition coefficient (Wildman–Crippen LogP) is -0.761. The molecule has 0 aliphatic rings. The summed E-state index contributed by atoms with van der Waals surface area (Å²) in [7, 11) is 1.53. The van der Waals surface area contributed by atoms with E-state index in [1.165, 1.54) is 7.11 Å². The zero-order valence-electron chi connectivity index (χ0n) is 8.66. The first-order chi connectivity index (χ1) is 6.74. The highest BCUT2D eigenvalue weighted by Gasteiger charge is 2.09. The summed E-state index contributed by atoms with van der Waals surface area (Å²) in [6.07, 6.45) is 2.09. The molecule has 0 saturated carbocycles. The van der Waals surface area contributed by atoms with Crippen molar-refractivity contribution < 1.29 is 14.6 Å². The quantitative estimate of drug-likeness (QED) is 0.454. The Kier molecular flexibility index (Phi) is 8.51. The lowest BCUT2D eigenvalue weighted by Crippen LogP contribution is -2.40. The number of carbonyl (C=O) groups excluding carboxylic acids is 1. The largest absolute Gasteiger partial charge is 0.394 e. The van der Waals surface area contributed by atoms with E-state index in [-0.39, 0.29) is 18.6 Å². The fraction of sp³-hybridized carbons (Fsp3) is 0.889. The van der Waals surface area contributed by atoms with Gasteiger partial charge in [0.2, 0.25) is 5.91 Å². The first-order valence-corrected chi connectivity index (χ1v) is 4.83. The second-order valence-electron chi connectivity index (χ2n) is 3.15. The predicted molar refractivity (Wildman–Crippen MR) is 53.8 cm³/mol. The van der Waals surface area contributed by atoms with Gasteiger partial charge in [-0.25, -0.2) is 0 Å². The molecular formula is C9H20N2O3. The summed E-state index contributed by atoms with van der Waals surface area (Å²) >= 11 is 0. The summed E-state index contributed by atoms with van der Waals surface area (Å²) in [4.78, 5) is 11.2. The third kappa shape index (κ3) is 6.82. The normalized spacial score (nSPS) is 12.5. The number of rotatable bonds is 8. The minimum atomic E-state index is -0.301. The van der Waals surface area contributed by atoms with Gasteiger partial charge < -0.3 is 20.9 Å². The topological polar surface area (TPSA) is 84.6 Å². The van der Waals surface area contributed by atoms with Gasteiger partial charge in [-0.05, 0) is 19.4 Å². The van der Waals surface area contributed by atoms with Gasteiger partial charge in [-0.1, -0.05) is 0 Å². The molecule has 1 atom stereocenters. The second-order valence-corrected chi connectivity index (χ2v) is 3.15. The number of nitrogens with two attached hydrogens (primary N) is 1. The number of aliphatic hydroxyl groups is 1. The molecule has 1 unspecified atom stereocenters. The van der Waals surface area contributed by atoms with E-state index in [4.69, 9.17) is 15.6 Å². The second kappa shape index (κ2) is 8.93. The number of amides is 1. The van der Waals surface area contributed by atoms with E-state index >= 15 is 0 Å². The van der Waals surface area contributed by atoms with Crippen LogP contribution >= 0.6 is 0 Å². The number of methoxy groups -OCH3 is 1. The summed E-state index contributed by atoms with van der Waals surface area (Å²) in [5.74, 6) is -0.0606. The molecule has 0 rings (SSSR count). The number of hydrogen-bond donors (Lipinski definition) is 3. The van der Waals surface area contributed by atoms with Crippen LogP contribution in [0.1, 0.15) is 19.3 Å². The zero-order valence-corrected chi connectivity index (χ0v) is 8.66. The van der Waals surface area contributed by atoms with E-state index in [1.54, 1.807) is 0 Å². The van der Waals surface area contributed by atoms with Crippen molar-refractivity contribution in [3.05, 3.63) is 0 Å². The lowest BCUT2D eigenvalue weighted by Gasteiger charge is -2.14. The van der Waals surface area contributed by atoms with Crippen LogP contribution in [0.15, 0.2) is 0 Å². The van der Waals surface area contributed by atoms with Crippen molar-refractivity contribution in [2.45, 2.75) is 25.3 Å². The van der Waals surface area contributed by atoms with Crippen LogP contribution < -0.4 is 11.1 Å². The molecule has 0 bridgehead atoms. The highest BCUT2D eigenvalue weighted by Crippen LogP contribution is 1.94. The molecule has 0 heterocycles. The van der Waals surface area contributed by atoms with Gasteiger partial charge in [0.25, 0.3) is 0 Å². The van der Waals surface area contributed by atoms with Crippen molar-refractivity contribution in [1.82, 2.24) is 5.32 Å². The van der Waals surface area contributed by atoms with Gasteiger partial charge in [0, 0.05) is 13.5 Å². The first kappa shape index (κ1) is 13.4. The Hall–Kier alpha value is -0.650. The smallest absolute Gasteiger partial charge is 0.220 e. The minimum Gasteiger partial charge on any atom is -0.394 e. The fourth-order valence-corrected chi connectivity index (χ4v) is 1.07. The van der Waals surface area contributed by atoms with Gasteiger partial charge >= 0.3 is 0 Å². The number of ether oxygens (including phenoxy) is 1. The van der Waals surface area contributed by atoms with E-state index in [9.17, 15) is 4.79 Å². The summed E-state index contributed by atoms with van der Waals surface area (Å²) in [6.45, 7) is 0.838. The Morgan fingerprint density at radius 1 is 1.57 bits per heavy atom. The van der Waals surface area contributed by atoms with Gasteiger partial charge in [0.05, 0.1) is 19.3 Å². The SMILES string of the molecule is COCC(CO)NC(=O)CCCCN. The average Bonchev–Trinajstić information content (AvgIpc) is 2.17. The van der Waals surface area contributed by atoms with Crippen LogP contribution in [0.25, 0.3) is 0 Å². The van der Waals surface area contributed by atoms with E-state index in [0.29, 0.717) is 19.6 Å². The lowest BCUT2D eigenvalue weighted by atomic mass is 10.2. The molecule has 0 aliphatic carbocycles. The Morgan fingerprint density at radius 3 is 2.79 bits per heavy atom. The third-order valence-electron chi connectivity index (χ3n) is 1.81. The molecule has 0 aromatic rings. The van der Waals surface area contributed by atoms with Crippen LogP contribution in [0.5, 0.6) is 0 Å². The van der Waals surface area contributed by atoms with Gasteiger partial charge in [0.1, 0.15) is 0 Å². The molecule has 0 saturated heterocycles. The highest BCUT2D eigenvalue weighted by atomic mass is 16.5. The Balaban J connectivity index is 3.56. The van der Waals surface area contributed by atoms with Gasteiger partial charge in [-0.3, -0.25) is 4.79 Å². The van der Waals surface area contributed by atoms with Crippen LogP contribution in [0.3, 0.4) is 0 Å². The van der Waals surface area contributed by atoms with E-state index in [2.05, 4.69) is 5.32 Å². The molecule has 5 nitrogen and oxygen atoms in total. The van der Waals surface area contributed by atoms with Crippen LogP contribution in [0.4, 0.5) is 0 Å². The Labute approximate surface area is 84.6 Å². The minimum absolute atomic E-state index is 0.0606. The number of hydrogen-bond acceptors (Lipinski definition) is 4. The Bertz CT molecular complexity index is 153. The summed E-state index contributed by atoms with van der Waals surface area (Å²) < 4.78 is 4.83. The van der Waals surface area contributed by atoms with Gasteiger partial charge in [-0.15, -0.1) is 0 Å². The maximum absolute atomic E-state index is 11.2. The summed E-state index contributed by atoms with van der Waals surface area (Å²) in [6, 6.07) is -0.301. The molecule has 0 aromatic heterocycles. The van der Waals surface area contributed by atoms with E-state index in [1.807, 2.05) is 0 Å². The third-order valence-corrected chi connectivity index (χ3v) is 1.81.